The number of fused-ring (bicyclic) bond motifs is 1. The van der Waals surface area contributed by atoms with E-state index in [1.54, 1.807) is 54.1 Å². The van der Waals surface area contributed by atoms with Crippen molar-refractivity contribution in [1.29, 1.82) is 5.26 Å². The van der Waals surface area contributed by atoms with Gasteiger partial charge in [0, 0.05) is 43.9 Å². The number of carboxylic acid groups (broad SMARTS) is 1. The van der Waals surface area contributed by atoms with Gasteiger partial charge >= 0.3 is 5.97 Å². The summed E-state index contributed by atoms with van der Waals surface area (Å²) in [5, 5.41) is 18.1. The summed E-state index contributed by atoms with van der Waals surface area (Å²) in [6, 6.07) is 20.5. The van der Waals surface area contributed by atoms with Crippen molar-refractivity contribution in [2.45, 2.75) is 25.9 Å². The van der Waals surface area contributed by atoms with Crippen LogP contribution in [-0.4, -0.2) is 38.8 Å². The Morgan fingerprint density at radius 1 is 1.00 bits per heavy atom. The first-order valence-electron chi connectivity index (χ1n) is 13.7. The first kappa shape index (κ1) is 29.4. The van der Waals surface area contributed by atoms with Crippen LogP contribution in [0.25, 0.3) is 22.3 Å². The van der Waals surface area contributed by atoms with Gasteiger partial charge in [0.05, 0.1) is 33.9 Å². The summed E-state index contributed by atoms with van der Waals surface area (Å²) in [7, 11) is 1.77. The fraction of sp³-hybridized carbons (Fsp3) is 0.212. The average Bonchev–Trinajstić information content (AvgIpc) is 3.70. The van der Waals surface area contributed by atoms with E-state index in [9.17, 15) is 14.3 Å². The van der Waals surface area contributed by atoms with Gasteiger partial charge in [-0.1, -0.05) is 24.3 Å². The van der Waals surface area contributed by atoms with Gasteiger partial charge in [0.1, 0.15) is 24.1 Å². The second-order valence-electron chi connectivity index (χ2n) is 9.97. The molecule has 5 aromatic rings. The molecule has 1 N–H and O–H groups in total. The Morgan fingerprint density at radius 2 is 1.77 bits per heavy atom. The molecule has 2 aromatic heterocycles. The van der Waals surface area contributed by atoms with Gasteiger partial charge in [-0.25, -0.2) is 23.5 Å². The Kier molecular flexibility index (Phi) is 9.03. The topological polar surface area (TPSA) is 110 Å². The number of ether oxygens (including phenoxy) is 2. The number of carbonyl (C=O) groups is 1. The normalized spacial score (nSPS) is 12.4. The van der Waals surface area contributed by atoms with Crippen LogP contribution in [0.5, 0.6) is 5.88 Å². The molecule has 0 radical (unpaired) electrons. The smallest absolute Gasteiger partial charge is 0.335 e. The van der Waals surface area contributed by atoms with E-state index >= 15 is 4.39 Å². The third-order valence-electron chi connectivity index (χ3n) is 7.03. The summed E-state index contributed by atoms with van der Waals surface area (Å²) in [6.07, 6.45) is 2.77. The van der Waals surface area contributed by atoms with Crippen LogP contribution < -0.4 is 4.74 Å². The third kappa shape index (κ3) is 7.02. The molecule has 1 aliphatic heterocycles. The predicted molar refractivity (Wildman–Crippen MR) is 156 cm³/mol. The molecular weight excluding hydrogens is 554 g/mol. The molecule has 10 heteroatoms. The van der Waals surface area contributed by atoms with Crippen molar-refractivity contribution < 1.29 is 28.2 Å². The van der Waals surface area contributed by atoms with E-state index in [2.05, 4.69) is 9.97 Å². The van der Waals surface area contributed by atoms with Crippen molar-refractivity contribution in [3.63, 3.8) is 0 Å². The Labute approximate surface area is 246 Å². The maximum absolute atomic E-state index is 15.1. The fourth-order valence-electron chi connectivity index (χ4n) is 4.60. The summed E-state index contributed by atoms with van der Waals surface area (Å²) in [6.45, 7) is 1.92. The number of rotatable bonds is 7. The number of imidazole rings is 1. The summed E-state index contributed by atoms with van der Waals surface area (Å²) < 4.78 is 41.6. The van der Waals surface area contributed by atoms with Crippen molar-refractivity contribution >= 4 is 17.0 Å². The van der Waals surface area contributed by atoms with Gasteiger partial charge in [-0.15, -0.1) is 0 Å². The van der Waals surface area contributed by atoms with Crippen LogP contribution in [0.15, 0.2) is 72.8 Å². The fourth-order valence-corrected chi connectivity index (χ4v) is 4.60. The molecule has 0 aliphatic carbocycles. The monoisotopic (exact) mass is 582 g/mol. The van der Waals surface area contributed by atoms with Crippen LogP contribution in [-0.2, 0) is 24.8 Å². The zero-order chi connectivity index (χ0) is 30.3. The SMILES string of the molecule is C1CCOC1.Cn1c(Cc2ccc(-c3cccc(OCc4ccc(C#N)cc4F)n3)cc2F)nc2ccc(C(=O)O)cc21. The minimum Gasteiger partial charge on any atom is -0.478 e. The molecular formula is C33H28F2N4O4. The van der Waals surface area contributed by atoms with Gasteiger partial charge in [0.2, 0.25) is 5.88 Å². The number of hydrogen-bond acceptors (Lipinski definition) is 6. The summed E-state index contributed by atoms with van der Waals surface area (Å²) in [5.41, 5.74) is 3.39. The number of aryl methyl sites for hydroxylation is 1. The van der Waals surface area contributed by atoms with Crippen LogP contribution >= 0.6 is 0 Å². The minimum absolute atomic E-state index is 0.0761. The summed E-state index contributed by atoms with van der Waals surface area (Å²) in [5.74, 6) is -1.16. The van der Waals surface area contributed by atoms with Crippen molar-refractivity contribution in [1.82, 2.24) is 14.5 Å². The first-order chi connectivity index (χ1) is 20.8. The molecule has 0 unspecified atom stereocenters. The molecule has 6 rings (SSSR count). The minimum atomic E-state index is -1.03. The zero-order valence-electron chi connectivity index (χ0n) is 23.4. The van der Waals surface area contributed by atoms with Crippen molar-refractivity contribution in [3.05, 3.63) is 113 Å². The second-order valence-corrected chi connectivity index (χ2v) is 9.97. The highest BCUT2D eigenvalue weighted by molar-refractivity contribution is 5.92. The number of pyridine rings is 1. The molecule has 0 amide bonds. The van der Waals surface area contributed by atoms with E-state index in [0.717, 1.165) is 19.3 Å². The predicted octanol–water partition coefficient (Wildman–Crippen LogP) is 6.45. The number of benzene rings is 3. The lowest BCUT2D eigenvalue weighted by atomic mass is 10.1. The quantitative estimate of drug-likeness (QED) is 0.235. The molecule has 0 atom stereocenters. The maximum Gasteiger partial charge on any atom is 0.335 e. The highest BCUT2D eigenvalue weighted by atomic mass is 19.1. The maximum atomic E-state index is 15.1. The van der Waals surface area contributed by atoms with E-state index in [1.807, 2.05) is 6.07 Å². The lowest BCUT2D eigenvalue weighted by molar-refractivity contribution is 0.0697. The molecule has 1 aliphatic rings. The largest absolute Gasteiger partial charge is 0.478 e. The molecule has 0 spiro atoms. The lowest BCUT2D eigenvalue weighted by Crippen LogP contribution is -2.02. The molecule has 0 saturated carbocycles. The molecule has 8 nitrogen and oxygen atoms in total. The number of aromatic carboxylic acids is 1. The number of nitrogens with zero attached hydrogens (tertiary/aromatic N) is 4. The van der Waals surface area contributed by atoms with Crippen LogP contribution in [0.3, 0.4) is 0 Å². The molecule has 1 saturated heterocycles. The van der Waals surface area contributed by atoms with Crippen molar-refractivity contribution in [3.8, 4) is 23.2 Å². The van der Waals surface area contributed by atoms with Crippen LogP contribution in [0, 0.1) is 23.0 Å². The Hall–Kier alpha value is -5.14. The van der Waals surface area contributed by atoms with Crippen LogP contribution in [0.1, 0.15) is 45.7 Å². The molecule has 3 heterocycles. The highest BCUT2D eigenvalue weighted by Gasteiger charge is 2.15. The van der Waals surface area contributed by atoms with E-state index in [1.165, 1.54) is 37.1 Å². The molecule has 43 heavy (non-hydrogen) atoms. The Morgan fingerprint density at radius 3 is 2.44 bits per heavy atom. The number of aromatic nitrogens is 3. The zero-order valence-corrected chi connectivity index (χ0v) is 23.4. The lowest BCUT2D eigenvalue weighted by Gasteiger charge is -2.10. The van der Waals surface area contributed by atoms with Gasteiger partial charge < -0.3 is 19.1 Å². The third-order valence-corrected chi connectivity index (χ3v) is 7.03. The van der Waals surface area contributed by atoms with Crippen molar-refractivity contribution in [2.24, 2.45) is 7.05 Å². The number of carboxylic acids is 1. The van der Waals surface area contributed by atoms with E-state index in [4.69, 9.17) is 14.7 Å². The average molecular weight is 583 g/mol. The molecule has 3 aromatic carbocycles. The van der Waals surface area contributed by atoms with Gasteiger partial charge in [-0.3, -0.25) is 0 Å². The second kappa shape index (κ2) is 13.2. The van der Waals surface area contributed by atoms with Crippen LogP contribution in [0.2, 0.25) is 0 Å². The van der Waals surface area contributed by atoms with E-state index in [-0.39, 0.29) is 35.6 Å². The Bertz CT molecular complexity index is 1820. The Balaban J connectivity index is 0.000000668. The van der Waals surface area contributed by atoms with Crippen molar-refractivity contribution in [2.75, 3.05) is 13.2 Å². The van der Waals surface area contributed by atoms with Gasteiger partial charge in [0.15, 0.2) is 0 Å². The molecule has 1 fully saturated rings. The van der Waals surface area contributed by atoms with Gasteiger partial charge in [-0.2, -0.15) is 5.26 Å². The van der Waals surface area contributed by atoms with E-state index < -0.39 is 17.6 Å². The molecule has 0 bridgehead atoms. The summed E-state index contributed by atoms with van der Waals surface area (Å²) in [4.78, 5) is 20.2. The van der Waals surface area contributed by atoms with E-state index in [0.29, 0.717) is 33.7 Å². The number of halogens is 2. The van der Waals surface area contributed by atoms with Gasteiger partial charge in [-0.05, 0) is 60.9 Å². The number of nitriles is 1. The number of hydrogen-bond donors (Lipinski definition) is 1. The molecule has 218 valence electrons. The van der Waals surface area contributed by atoms with Crippen LogP contribution in [0.4, 0.5) is 8.78 Å². The standard InChI is InChI=1S/C29H20F2N4O3.C4H8O/c1-35-26-13-20(29(36)37)9-10-25(26)33-27(35)14-18-7-8-19(12-23(18)31)24-3-2-4-28(34-24)38-16-21-6-5-17(15-32)11-22(21)30;1-2-4-5-3-1/h2-13H,14,16H2,1H3,(H,36,37);1-4H2. The summed E-state index contributed by atoms with van der Waals surface area (Å²) >= 11 is 0. The first-order valence-corrected chi connectivity index (χ1v) is 13.7. The van der Waals surface area contributed by atoms with Gasteiger partial charge in [0.25, 0.3) is 0 Å². The highest BCUT2D eigenvalue weighted by Crippen LogP contribution is 2.25.